The quantitative estimate of drug-likeness (QED) is 0.300. The number of nitrogens with one attached hydrogen (secondary N) is 1. The Hall–Kier alpha value is -3.11. The highest BCUT2D eigenvalue weighted by Gasteiger charge is 2.25. The Kier molecular flexibility index (Phi) is 3.87. The maximum absolute atomic E-state index is 5.88. The average molecular weight is 425 g/mol. The summed E-state index contributed by atoms with van der Waals surface area (Å²) in [4.78, 5) is 4.97. The Morgan fingerprint density at radius 2 is 1.81 bits per heavy atom. The number of hydrogen-bond donors (Lipinski definition) is 1. The maximum Gasteiger partial charge on any atom is 0.135 e. The second-order valence-electron chi connectivity index (χ2n) is 9.35. The van der Waals surface area contributed by atoms with Crippen LogP contribution in [-0.2, 0) is 5.41 Å². The van der Waals surface area contributed by atoms with Crippen molar-refractivity contribution in [3.8, 4) is 0 Å². The highest BCUT2D eigenvalue weighted by atomic mass is 32.1. The van der Waals surface area contributed by atoms with Crippen molar-refractivity contribution in [2.45, 2.75) is 33.1 Å². The number of benzene rings is 3. The normalized spacial score (nSPS) is 14.1. The smallest absolute Gasteiger partial charge is 0.135 e. The molecule has 0 atom stereocenters. The largest absolute Gasteiger partial charge is 0.461 e. The molecule has 3 nitrogen and oxygen atoms in total. The first-order valence-electron chi connectivity index (χ1n) is 10.7. The lowest BCUT2D eigenvalue weighted by atomic mass is 9.81. The summed E-state index contributed by atoms with van der Waals surface area (Å²) < 4.78 is 7.14. The van der Waals surface area contributed by atoms with Crippen molar-refractivity contribution < 1.29 is 4.42 Å². The van der Waals surface area contributed by atoms with Crippen molar-refractivity contribution >= 4 is 53.9 Å². The van der Waals surface area contributed by atoms with E-state index >= 15 is 0 Å². The average Bonchev–Trinajstić information content (AvgIpc) is 3.31. The van der Waals surface area contributed by atoms with Gasteiger partial charge in [-0.1, -0.05) is 45.0 Å². The number of furan rings is 1. The Bertz CT molecular complexity index is 1530. The van der Waals surface area contributed by atoms with Crippen molar-refractivity contribution in [3.63, 3.8) is 0 Å². The fourth-order valence-electron chi connectivity index (χ4n) is 4.73. The molecule has 31 heavy (non-hydrogen) atoms. The minimum Gasteiger partial charge on any atom is -0.461 e. The van der Waals surface area contributed by atoms with E-state index in [0.29, 0.717) is 6.67 Å². The first-order valence-corrected chi connectivity index (χ1v) is 11.5. The molecule has 1 aliphatic rings. The molecule has 0 bridgehead atoms. The molecule has 3 aromatic carbocycles. The number of thiophene rings is 1. The van der Waals surface area contributed by atoms with Crippen LogP contribution in [0.3, 0.4) is 0 Å². The Morgan fingerprint density at radius 1 is 0.968 bits per heavy atom. The molecule has 2 aromatic heterocycles. The van der Waals surface area contributed by atoms with Crippen LogP contribution in [0.15, 0.2) is 64.0 Å². The fraction of sp³-hybridized carbons (Fsp3) is 0.222. The Balaban J connectivity index is 1.63. The molecular formula is C27H24N2OS. The van der Waals surface area contributed by atoms with Gasteiger partial charge in [0.2, 0.25) is 0 Å². The summed E-state index contributed by atoms with van der Waals surface area (Å²) in [6, 6.07) is 19.7. The monoisotopic (exact) mass is 424 g/mol. The summed E-state index contributed by atoms with van der Waals surface area (Å²) in [6.45, 7) is 9.46. The third kappa shape index (κ3) is 2.82. The molecule has 154 valence electrons. The first kappa shape index (κ1) is 18.6. The van der Waals surface area contributed by atoms with Crippen molar-refractivity contribution in [1.29, 1.82) is 0 Å². The molecule has 0 saturated heterocycles. The van der Waals surface area contributed by atoms with Crippen LogP contribution in [0.5, 0.6) is 0 Å². The van der Waals surface area contributed by atoms with Gasteiger partial charge in [0, 0.05) is 26.6 Å². The highest BCUT2D eigenvalue weighted by Crippen LogP contribution is 2.43. The molecule has 0 fully saturated rings. The van der Waals surface area contributed by atoms with Crippen molar-refractivity contribution in [2.24, 2.45) is 4.99 Å². The summed E-state index contributed by atoms with van der Waals surface area (Å²) in [7, 11) is 0. The molecule has 5 aromatic rings. The first-order chi connectivity index (χ1) is 14.9. The van der Waals surface area contributed by atoms with Crippen LogP contribution in [0.25, 0.3) is 31.8 Å². The van der Waals surface area contributed by atoms with E-state index < -0.39 is 0 Å². The molecule has 3 heterocycles. The van der Waals surface area contributed by atoms with Gasteiger partial charge in [0.05, 0.1) is 5.71 Å². The van der Waals surface area contributed by atoms with E-state index in [1.807, 2.05) is 6.92 Å². The molecule has 0 amide bonds. The van der Waals surface area contributed by atoms with E-state index in [4.69, 9.17) is 9.41 Å². The van der Waals surface area contributed by atoms with Crippen LogP contribution in [-0.4, -0.2) is 12.4 Å². The summed E-state index contributed by atoms with van der Waals surface area (Å²) in [5, 5.41) is 9.71. The second kappa shape index (κ2) is 6.44. The third-order valence-electron chi connectivity index (χ3n) is 6.13. The Labute approximate surface area is 185 Å². The molecule has 1 N–H and O–H groups in total. The van der Waals surface area contributed by atoms with Gasteiger partial charge in [0.25, 0.3) is 0 Å². The van der Waals surface area contributed by atoms with Gasteiger partial charge < -0.3 is 9.73 Å². The molecule has 0 aliphatic carbocycles. The van der Waals surface area contributed by atoms with Gasteiger partial charge in [0.1, 0.15) is 23.0 Å². The molecule has 0 unspecified atom stereocenters. The molecule has 0 radical (unpaired) electrons. The van der Waals surface area contributed by atoms with Crippen LogP contribution in [0, 0.1) is 6.92 Å². The standard InChI is InChI=1S/C27H24N2OS/c1-15-11-20-22(30-15)10-9-19-23-24(28-14-29-26(23)31-25(19)20)17-12-16-7-5-6-8-18(16)21(13-17)27(2,3)4/h5-13,29H,14H2,1-4H3. The molecule has 0 spiro atoms. The minimum atomic E-state index is 0.0448. The number of nitrogens with zero attached hydrogens (tertiary/aromatic N) is 1. The van der Waals surface area contributed by atoms with Gasteiger partial charge >= 0.3 is 0 Å². The van der Waals surface area contributed by atoms with Gasteiger partial charge in [-0.2, -0.15) is 0 Å². The van der Waals surface area contributed by atoms with E-state index in [-0.39, 0.29) is 5.41 Å². The number of hydrogen-bond acceptors (Lipinski definition) is 4. The summed E-state index contributed by atoms with van der Waals surface area (Å²) >= 11 is 1.80. The summed E-state index contributed by atoms with van der Waals surface area (Å²) in [5.74, 6) is 0.945. The predicted octanol–water partition coefficient (Wildman–Crippen LogP) is 7.63. The number of aliphatic imine (C=N–C) groups is 1. The van der Waals surface area contributed by atoms with Crippen LogP contribution in [0.4, 0.5) is 5.00 Å². The lowest BCUT2D eigenvalue weighted by Gasteiger charge is -2.24. The van der Waals surface area contributed by atoms with Crippen molar-refractivity contribution in [2.75, 3.05) is 12.0 Å². The third-order valence-corrected chi connectivity index (χ3v) is 7.33. The van der Waals surface area contributed by atoms with E-state index in [2.05, 4.69) is 80.7 Å². The number of rotatable bonds is 1. The summed E-state index contributed by atoms with van der Waals surface area (Å²) in [6.07, 6.45) is 0. The molecule has 6 rings (SSSR count). The van der Waals surface area contributed by atoms with Crippen LogP contribution in [0.2, 0.25) is 0 Å². The second-order valence-corrected chi connectivity index (χ2v) is 10.4. The Morgan fingerprint density at radius 3 is 2.65 bits per heavy atom. The maximum atomic E-state index is 5.88. The van der Waals surface area contributed by atoms with E-state index in [1.54, 1.807) is 11.3 Å². The predicted molar refractivity (Wildman–Crippen MR) is 133 cm³/mol. The van der Waals surface area contributed by atoms with E-state index in [9.17, 15) is 0 Å². The zero-order chi connectivity index (χ0) is 21.3. The fourth-order valence-corrected chi connectivity index (χ4v) is 5.93. The van der Waals surface area contributed by atoms with Gasteiger partial charge in [-0.15, -0.1) is 11.3 Å². The number of anilines is 1. The van der Waals surface area contributed by atoms with Gasteiger partial charge in [-0.05, 0) is 59.0 Å². The summed E-state index contributed by atoms with van der Waals surface area (Å²) in [5.41, 5.74) is 5.83. The van der Waals surface area contributed by atoms with Crippen LogP contribution in [0.1, 0.15) is 43.2 Å². The lowest BCUT2D eigenvalue weighted by molar-refractivity contribution is 0.579. The lowest BCUT2D eigenvalue weighted by Crippen LogP contribution is -2.17. The number of aryl methyl sites for hydroxylation is 1. The molecular weight excluding hydrogens is 400 g/mol. The zero-order valence-corrected chi connectivity index (χ0v) is 19.0. The van der Waals surface area contributed by atoms with Crippen LogP contribution < -0.4 is 5.32 Å². The molecule has 0 saturated carbocycles. The minimum absolute atomic E-state index is 0.0448. The van der Waals surface area contributed by atoms with Crippen molar-refractivity contribution in [1.82, 2.24) is 0 Å². The van der Waals surface area contributed by atoms with E-state index in [0.717, 1.165) is 17.1 Å². The van der Waals surface area contributed by atoms with Gasteiger partial charge in [0.15, 0.2) is 0 Å². The van der Waals surface area contributed by atoms with Crippen LogP contribution >= 0.6 is 11.3 Å². The van der Waals surface area contributed by atoms with Gasteiger partial charge in [-0.25, -0.2) is 0 Å². The van der Waals surface area contributed by atoms with Gasteiger partial charge in [-0.3, -0.25) is 4.99 Å². The molecule has 1 aliphatic heterocycles. The number of fused-ring (bicyclic) bond motifs is 6. The topological polar surface area (TPSA) is 37.5 Å². The zero-order valence-electron chi connectivity index (χ0n) is 18.2. The molecule has 4 heteroatoms. The highest BCUT2D eigenvalue weighted by molar-refractivity contribution is 7.24. The SMILES string of the molecule is Cc1cc2c(ccc3c4c(sc32)NCN=C4c2cc(C(C)(C)C)c3ccccc3c2)o1. The van der Waals surface area contributed by atoms with Crippen molar-refractivity contribution in [3.05, 3.63) is 77.0 Å². The van der Waals surface area contributed by atoms with E-state index in [1.165, 1.54) is 47.9 Å².